The van der Waals surface area contributed by atoms with Gasteiger partial charge in [-0.2, -0.15) is 0 Å². The molecule has 8 nitrogen and oxygen atoms in total. The standard InChI is InChI=1S/C12H20N6O2S/c1-8(19)14-4-5-15-11(20)7-21-12-17-16-10(6-13)18(12)9-2-3-9/h9H,2-7,13H2,1H3,(H,14,19)(H,15,20). The molecule has 0 radical (unpaired) electrons. The van der Waals surface area contributed by atoms with Crippen LogP contribution in [0.4, 0.5) is 0 Å². The highest BCUT2D eigenvalue weighted by atomic mass is 32.2. The van der Waals surface area contributed by atoms with E-state index in [1.807, 2.05) is 4.57 Å². The van der Waals surface area contributed by atoms with Crippen molar-refractivity contribution < 1.29 is 9.59 Å². The number of carbonyl (C=O) groups excluding carboxylic acids is 2. The fourth-order valence-electron chi connectivity index (χ4n) is 1.87. The summed E-state index contributed by atoms with van der Waals surface area (Å²) in [5.74, 6) is 0.844. The van der Waals surface area contributed by atoms with E-state index in [2.05, 4.69) is 20.8 Å². The number of amides is 2. The van der Waals surface area contributed by atoms with Gasteiger partial charge in [-0.15, -0.1) is 10.2 Å². The van der Waals surface area contributed by atoms with Gasteiger partial charge in [0.05, 0.1) is 12.3 Å². The number of hydrogen-bond acceptors (Lipinski definition) is 6. The minimum atomic E-state index is -0.106. The number of thioether (sulfide) groups is 1. The molecule has 1 heterocycles. The Kier molecular flexibility index (Phi) is 5.57. The lowest BCUT2D eigenvalue weighted by molar-refractivity contribution is -0.120. The van der Waals surface area contributed by atoms with E-state index in [1.54, 1.807) is 0 Å². The van der Waals surface area contributed by atoms with E-state index in [1.165, 1.54) is 18.7 Å². The van der Waals surface area contributed by atoms with Gasteiger partial charge in [-0.1, -0.05) is 11.8 Å². The third-order valence-corrected chi connectivity index (χ3v) is 3.93. The number of aromatic nitrogens is 3. The first-order valence-corrected chi connectivity index (χ1v) is 7.88. The predicted octanol–water partition coefficient (Wildman–Crippen LogP) is -0.584. The number of rotatable bonds is 8. The van der Waals surface area contributed by atoms with E-state index in [0.29, 0.717) is 25.7 Å². The highest BCUT2D eigenvalue weighted by molar-refractivity contribution is 7.99. The van der Waals surface area contributed by atoms with Crippen LogP contribution in [0.25, 0.3) is 0 Å². The lowest BCUT2D eigenvalue weighted by Gasteiger charge is -2.08. The zero-order valence-electron chi connectivity index (χ0n) is 12.0. The molecule has 1 aliphatic carbocycles. The van der Waals surface area contributed by atoms with E-state index in [9.17, 15) is 9.59 Å². The second-order valence-electron chi connectivity index (χ2n) is 4.83. The summed E-state index contributed by atoms with van der Waals surface area (Å²) in [7, 11) is 0. The third-order valence-electron chi connectivity index (χ3n) is 2.98. The van der Waals surface area contributed by atoms with E-state index < -0.39 is 0 Å². The highest BCUT2D eigenvalue weighted by Crippen LogP contribution is 2.38. The van der Waals surface area contributed by atoms with Gasteiger partial charge in [0.25, 0.3) is 0 Å². The molecule has 1 fully saturated rings. The first-order valence-electron chi connectivity index (χ1n) is 6.89. The van der Waals surface area contributed by atoms with E-state index in [4.69, 9.17) is 5.73 Å². The Balaban J connectivity index is 1.76. The molecule has 0 atom stereocenters. The molecule has 0 aliphatic heterocycles. The quantitative estimate of drug-likeness (QED) is 0.437. The van der Waals surface area contributed by atoms with Crippen LogP contribution in [0, 0.1) is 0 Å². The molecule has 0 unspecified atom stereocenters. The summed E-state index contributed by atoms with van der Waals surface area (Å²) < 4.78 is 2.04. The molecule has 0 saturated heterocycles. The largest absolute Gasteiger partial charge is 0.355 e. The average Bonchev–Trinajstić information content (AvgIpc) is 3.21. The smallest absolute Gasteiger partial charge is 0.230 e. The summed E-state index contributed by atoms with van der Waals surface area (Å²) in [5, 5.41) is 14.3. The van der Waals surface area contributed by atoms with Crippen LogP contribution in [0.15, 0.2) is 5.16 Å². The fraction of sp³-hybridized carbons (Fsp3) is 0.667. The SMILES string of the molecule is CC(=O)NCCNC(=O)CSc1nnc(CN)n1C1CC1. The van der Waals surface area contributed by atoms with Crippen LogP contribution in [0.3, 0.4) is 0 Å². The van der Waals surface area contributed by atoms with E-state index in [-0.39, 0.29) is 17.6 Å². The lowest BCUT2D eigenvalue weighted by atomic mass is 10.5. The minimum absolute atomic E-state index is 0.0926. The van der Waals surface area contributed by atoms with Crippen molar-refractivity contribution in [2.45, 2.75) is 37.5 Å². The van der Waals surface area contributed by atoms with Gasteiger partial charge >= 0.3 is 0 Å². The lowest BCUT2D eigenvalue weighted by Crippen LogP contribution is -2.34. The number of nitrogens with zero attached hydrogens (tertiary/aromatic N) is 3. The summed E-state index contributed by atoms with van der Waals surface area (Å²) in [6.45, 7) is 2.65. The van der Waals surface area contributed by atoms with Crippen molar-refractivity contribution >= 4 is 23.6 Å². The van der Waals surface area contributed by atoms with Crippen molar-refractivity contribution in [2.75, 3.05) is 18.8 Å². The molecule has 0 aromatic carbocycles. The zero-order valence-corrected chi connectivity index (χ0v) is 12.8. The Labute approximate surface area is 127 Å². The molecule has 1 aromatic rings. The van der Waals surface area contributed by atoms with Gasteiger partial charge in [-0.05, 0) is 12.8 Å². The van der Waals surface area contributed by atoms with Gasteiger partial charge in [0.1, 0.15) is 5.82 Å². The van der Waals surface area contributed by atoms with Crippen molar-refractivity contribution in [1.29, 1.82) is 0 Å². The maximum absolute atomic E-state index is 11.7. The van der Waals surface area contributed by atoms with Gasteiger partial charge in [0.2, 0.25) is 11.8 Å². The summed E-state index contributed by atoms with van der Waals surface area (Å²) in [5.41, 5.74) is 5.64. The van der Waals surface area contributed by atoms with Gasteiger partial charge in [0, 0.05) is 26.1 Å². The minimum Gasteiger partial charge on any atom is -0.355 e. The fourth-order valence-corrected chi connectivity index (χ4v) is 2.72. The molecule has 1 saturated carbocycles. The number of carbonyl (C=O) groups is 2. The summed E-state index contributed by atoms with van der Waals surface area (Å²) in [4.78, 5) is 22.4. The van der Waals surface area contributed by atoms with Crippen LogP contribution >= 0.6 is 11.8 Å². The van der Waals surface area contributed by atoms with Crippen LogP contribution in [0.1, 0.15) is 31.6 Å². The molecule has 0 spiro atoms. The van der Waals surface area contributed by atoms with Crippen molar-refractivity contribution in [2.24, 2.45) is 5.73 Å². The Morgan fingerprint density at radius 1 is 1.33 bits per heavy atom. The van der Waals surface area contributed by atoms with Gasteiger partial charge in [-0.3, -0.25) is 9.59 Å². The number of nitrogens with two attached hydrogens (primary N) is 1. The summed E-state index contributed by atoms with van der Waals surface area (Å²) in [6, 6.07) is 0.434. The van der Waals surface area contributed by atoms with Crippen LogP contribution in [-0.4, -0.2) is 45.4 Å². The molecule has 116 valence electrons. The molecule has 2 rings (SSSR count). The molecular weight excluding hydrogens is 292 g/mol. The zero-order chi connectivity index (χ0) is 15.2. The molecule has 1 aromatic heterocycles. The molecule has 1 aliphatic rings. The van der Waals surface area contributed by atoms with Crippen LogP contribution < -0.4 is 16.4 Å². The number of nitrogens with one attached hydrogen (secondary N) is 2. The Bertz CT molecular complexity index is 514. The van der Waals surface area contributed by atoms with E-state index >= 15 is 0 Å². The topological polar surface area (TPSA) is 115 Å². The summed E-state index contributed by atoms with van der Waals surface area (Å²) >= 11 is 1.36. The van der Waals surface area contributed by atoms with Crippen molar-refractivity contribution in [1.82, 2.24) is 25.4 Å². The van der Waals surface area contributed by atoms with Crippen molar-refractivity contribution in [3.63, 3.8) is 0 Å². The van der Waals surface area contributed by atoms with Crippen LogP contribution in [-0.2, 0) is 16.1 Å². The van der Waals surface area contributed by atoms with Gasteiger partial charge in [-0.25, -0.2) is 0 Å². The first-order chi connectivity index (χ1) is 10.1. The Hall–Kier alpha value is -1.61. The predicted molar refractivity (Wildman–Crippen MR) is 78.6 cm³/mol. The normalized spacial score (nSPS) is 14.0. The Morgan fingerprint density at radius 2 is 2.05 bits per heavy atom. The molecule has 2 amide bonds. The second-order valence-corrected chi connectivity index (χ2v) is 5.77. The first kappa shape index (κ1) is 15.8. The molecule has 4 N–H and O–H groups in total. The van der Waals surface area contributed by atoms with E-state index in [0.717, 1.165) is 23.8 Å². The van der Waals surface area contributed by atoms with Crippen molar-refractivity contribution in [3.8, 4) is 0 Å². The number of hydrogen-bond donors (Lipinski definition) is 3. The maximum Gasteiger partial charge on any atom is 0.230 e. The third kappa shape index (κ3) is 4.71. The van der Waals surface area contributed by atoms with Crippen LogP contribution in [0.5, 0.6) is 0 Å². The molecule has 21 heavy (non-hydrogen) atoms. The molecular formula is C12H20N6O2S. The monoisotopic (exact) mass is 312 g/mol. The van der Waals surface area contributed by atoms with Crippen LogP contribution in [0.2, 0.25) is 0 Å². The summed E-state index contributed by atoms with van der Waals surface area (Å²) in [6.07, 6.45) is 2.23. The molecule has 0 bridgehead atoms. The molecule has 9 heteroatoms. The van der Waals surface area contributed by atoms with Gasteiger partial charge < -0.3 is 20.9 Å². The van der Waals surface area contributed by atoms with Crippen molar-refractivity contribution in [3.05, 3.63) is 5.82 Å². The Morgan fingerprint density at radius 3 is 2.67 bits per heavy atom. The van der Waals surface area contributed by atoms with Gasteiger partial charge in [0.15, 0.2) is 5.16 Å². The maximum atomic E-state index is 11.7. The average molecular weight is 312 g/mol. The second kappa shape index (κ2) is 7.41. The highest BCUT2D eigenvalue weighted by Gasteiger charge is 2.29.